The highest BCUT2D eigenvalue weighted by atomic mass is 35.5. The zero-order valence-corrected chi connectivity index (χ0v) is 20.8. The molecular formula is C27H24ClFN6O2. The molecule has 2 amide bonds. The van der Waals surface area contributed by atoms with Crippen LogP contribution in [0.1, 0.15) is 40.4 Å². The average molecular weight is 519 g/mol. The van der Waals surface area contributed by atoms with Gasteiger partial charge in [0.2, 0.25) is 5.91 Å². The van der Waals surface area contributed by atoms with Crippen LogP contribution in [-0.2, 0) is 4.79 Å². The van der Waals surface area contributed by atoms with Crippen molar-refractivity contribution < 1.29 is 14.0 Å². The van der Waals surface area contributed by atoms with E-state index in [2.05, 4.69) is 25.6 Å². The number of rotatable bonds is 4. The minimum atomic E-state index is -0.707. The number of likely N-dealkylation sites (tertiary alicyclic amines) is 1. The monoisotopic (exact) mass is 518 g/mol. The summed E-state index contributed by atoms with van der Waals surface area (Å²) in [5, 5.41) is 10.6. The Morgan fingerprint density at radius 2 is 2.05 bits per heavy atom. The van der Waals surface area contributed by atoms with Gasteiger partial charge in [0.05, 0.1) is 12.0 Å². The van der Waals surface area contributed by atoms with Gasteiger partial charge in [-0.2, -0.15) is 5.10 Å². The quantitative estimate of drug-likeness (QED) is 0.420. The molecule has 8 nitrogen and oxygen atoms in total. The number of piperidine rings is 1. The van der Waals surface area contributed by atoms with E-state index in [1.54, 1.807) is 10.6 Å². The van der Waals surface area contributed by atoms with Gasteiger partial charge in [0.25, 0.3) is 5.91 Å². The molecule has 0 radical (unpaired) electrons. The first-order valence-electron chi connectivity index (χ1n) is 12.1. The summed E-state index contributed by atoms with van der Waals surface area (Å²) >= 11 is 6.43. The third kappa shape index (κ3) is 4.34. The second kappa shape index (κ2) is 9.24. The van der Waals surface area contributed by atoms with Crippen LogP contribution in [0.25, 0.3) is 16.8 Å². The number of carbonyl (C=O) groups excluding carboxylic acids is 2. The first-order valence-corrected chi connectivity index (χ1v) is 12.5. The van der Waals surface area contributed by atoms with Gasteiger partial charge in [-0.15, -0.1) is 0 Å². The predicted molar refractivity (Wildman–Crippen MR) is 138 cm³/mol. The third-order valence-electron chi connectivity index (χ3n) is 7.12. The topological polar surface area (TPSA) is 91.6 Å². The molecule has 37 heavy (non-hydrogen) atoms. The van der Waals surface area contributed by atoms with E-state index in [1.165, 1.54) is 24.5 Å². The molecule has 2 aromatic heterocycles. The van der Waals surface area contributed by atoms with Gasteiger partial charge in [0.15, 0.2) is 5.65 Å². The molecule has 188 valence electrons. The maximum Gasteiger partial charge on any atom is 0.252 e. The van der Waals surface area contributed by atoms with Crippen LogP contribution >= 0.6 is 11.6 Å². The van der Waals surface area contributed by atoms with Gasteiger partial charge >= 0.3 is 0 Å². The van der Waals surface area contributed by atoms with Crippen molar-refractivity contribution in [3.63, 3.8) is 0 Å². The Kier molecular flexibility index (Phi) is 5.89. The number of pyridine rings is 1. The van der Waals surface area contributed by atoms with Gasteiger partial charge in [-0.1, -0.05) is 11.6 Å². The molecule has 4 heterocycles. The van der Waals surface area contributed by atoms with Gasteiger partial charge in [0, 0.05) is 45.7 Å². The Morgan fingerprint density at radius 3 is 2.89 bits per heavy atom. The Morgan fingerprint density at radius 1 is 1.19 bits per heavy atom. The van der Waals surface area contributed by atoms with Gasteiger partial charge in [-0.25, -0.2) is 13.9 Å². The summed E-state index contributed by atoms with van der Waals surface area (Å²) in [4.78, 5) is 32.9. The number of halogens is 2. The Bertz CT molecular complexity index is 1550. The largest absolute Gasteiger partial charge is 0.341 e. The molecule has 0 spiro atoms. The van der Waals surface area contributed by atoms with Gasteiger partial charge in [-0.3, -0.25) is 9.59 Å². The molecule has 2 unspecified atom stereocenters. The van der Waals surface area contributed by atoms with E-state index in [0.717, 1.165) is 30.5 Å². The first kappa shape index (κ1) is 23.6. The fourth-order valence-electron chi connectivity index (χ4n) is 5.28. The standard InChI is InChI=1S/C27H24ClFN6O2/c1-34-8-2-3-16(12-34)26(36)32-22-10-17(15-4-7-23-30-14-31-35(23)13-15)9-20-24(22)25(33-27(20)37)19-11-18(29)5-6-21(19)28/h4-7,9-11,13-14,16,25H,2-3,8,12H2,1H3,(H,32,36)(H,33,37). The van der Waals surface area contributed by atoms with E-state index in [1.807, 2.05) is 31.4 Å². The van der Waals surface area contributed by atoms with Crippen molar-refractivity contribution in [2.45, 2.75) is 18.9 Å². The molecule has 10 heteroatoms. The van der Waals surface area contributed by atoms with E-state index in [9.17, 15) is 14.0 Å². The molecule has 4 aromatic rings. The number of fused-ring (bicyclic) bond motifs is 2. The van der Waals surface area contributed by atoms with Crippen LogP contribution in [-0.4, -0.2) is 51.4 Å². The van der Waals surface area contributed by atoms with Crippen LogP contribution in [0, 0.1) is 11.7 Å². The van der Waals surface area contributed by atoms with E-state index in [4.69, 9.17) is 11.6 Å². The van der Waals surface area contributed by atoms with Gasteiger partial charge < -0.3 is 15.5 Å². The summed E-state index contributed by atoms with van der Waals surface area (Å²) in [5.41, 5.74) is 4.12. The summed E-state index contributed by atoms with van der Waals surface area (Å²) in [5.74, 6) is -1.07. The third-order valence-corrected chi connectivity index (χ3v) is 7.46. The molecule has 6 rings (SSSR count). The number of carbonyl (C=O) groups is 2. The number of anilines is 1. The van der Waals surface area contributed by atoms with Crippen LogP contribution in [0.4, 0.5) is 10.1 Å². The van der Waals surface area contributed by atoms with E-state index < -0.39 is 11.9 Å². The number of amides is 2. The number of hydrogen-bond donors (Lipinski definition) is 2. The highest BCUT2D eigenvalue weighted by Crippen LogP contribution is 2.42. The highest BCUT2D eigenvalue weighted by Gasteiger charge is 2.35. The summed E-state index contributed by atoms with van der Waals surface area (Å²) in [6, 6.07) is 10.7. The lowest BCUT2D eigenvalue weighted by Gasteiger charge is -2.29. The second-order valence-corrected chi connectivity index (χ2v) is 10.0. The SMILES string of the molecule is CN1CCCC(C(=O)Nc2cc(-c3ccc4ncnn4c3)cc3c2C(c2cc(F)ccc2Cl)NC3=O)C1. The lowest BCUT2D eigenvalue weighted by atomic mass is 9.92. The van der Waals surface area contributed by atoms with Crippen LogP contribution in [0.2, 0.25) is 5.02 Å². The van der Waals surface area contributed by atoms with Crippen LogP contribution in [0.5, 0.6) is 0 Å². The maximum absolute atomic E-state index is 14.2. The molecule has 0 bridgehead atoms. The molecule has 0 aliphatic carbocycles. The molecule has 1 fully saturated rings. The van der Waals surface area contributed by atoms with Crippen molar-refractivity contribution in [1.29, 1.82) is 0 Å². The van der Waals surface area contributed by atoms with Crippen molar-refractivity contribution in [3.8, 4) is 11.1 Å². The fraction of sp³-hybridized carbons (Fsp3) is 0.259. The maximum atomic E-state index is 14.2. The van der Waals surface area contributed by atoms with Crippen molar-refractivity contribution in [3.05, 3.63) is 82.5 Å². The lowest BCUT2D eigenvalue weighted by Crippen LogP contribution is -2.38. The number of nitrogens with one attached hydrogen (secondary N) is 2. The van der Waals surface area contributed by atoms with Crippen LogP contribution in [0.15, 0.2) is 55.0 Å². The minimum Gasteiger partial charge on any atom is -0.341 e. The molecule has 2 N–H and O–H groups in total. The average Bonchev–Trinajstić information content (AvgIpc) is 3.49. The zero-order valence-electron chi connectivity index (χ0n) is 20.0. The molecule has 2 atom stereocenters. The summed E-state index contributed by atoms with van der Waals surface area (Å²) in [6.07, 6.45) is 5.01. The first-order chi connectivity index (χ1) is 17.9. The lowest BCUT2D eigenvalue weighted by molar-refractivity contribution is -0.121. The highest BCUT2D eigenvalue weighted by molar-refractivity contribution is 6.31. The Labute approximate surface area is 217 Å². The normalized spacial score (nSPS) is 19.6. The number of benzene rings is 2. The Hall–Kier alpha value is -3.82. The number of aromatic nitrogens is 3. The predicted octanol–water partition coefficient (Wildman–Crippen LogP) is 4.30. The number of hydrogen-bond acceptors (Lipinski definition) is 5. The van der Waals surface area contributed by atoms with Crippen LogP contribution < -0.4 is 10.6 Å². The second-order valence-electron chi connectivity index (χ2n) is 9.63. The van der Waals surface area contributed by atoms with Crippen molar-refractivity contribution in [1.82, 2.24) is 24.8 Å². The smallest absolute Gasteiger partial charge is 0.252 e. The van der Waals surface area contributed by atoms with Gasteiger partial charge in [-0.05, 0) is 74.5 Å². The number of nitrogens with zero attached hydrogens (tertiary/aromatic N) is 4. The summed E-state index contributed by atoms with van der Waals surface area (Å²) in [7, 11) is 2.00. The van der Waals surface area contributed by atoms with Crippen LogP contribution in [0.3, 0.4) is 0 Å². The van der Waals surface area contributed by atoms with Gasteiger partial charge in [0.1, 0.15) is 12.1 Å². The minimum absolute atomic E-state index is 0.110. The molecule has 0 saturated carbocycles. The molecule has 2 aliphatic heterocycles. The fourth-order valence-corrected chi connectivity index (χ4v) is 5.50. The van der Waals surface area contributed by atoms with Crippen molar-refractivity contribution >= 4 is 34.7 Å². The van der Waals surface area contributed by atoms with E-state index in [-0.39, 0.29) is 17.7 Å². The molecule has 2 aliphatic rings. The summed E-state index contributed by atoms with van der Waals surface area (Å²) in [6.45, 7) is 1.62. The van der Waals surface area contributed by atoms with E-state index in [0.29, 0.717) is 39.6 Å². The Balaban J connectivity index is 1.48. The molecule has 2 aromatic carbocycles. The molecule has 1 saturated heterocycles. The molecular weight excluding hydrogens is 495 g/mol. The zero-order chi connectivity index (χ0) is 25.7. The van der Waals surface area contributed by atoms with E-state index >= 15 is 0 Å². The van der Waals surface area contributed by atoms with Crippen molar-refractivity contribution in [2.24, 2.45) is 5.92 Å². The van der Waals surface area contributed by atoms with Crippen molar-refractivity contribution in [2.75, 3.05) is 25.5 Å². The summed E-state index contributed by atoms with van der Waals surface area (Å²) < 4.78 is 15.8.